The van der Waals surface area contributed by atoms with E-state index in [-0.39, 0.29) is 17.5 Å². The van der Waals surface area contributed by atoms with E-state index in [1.807, 2.05) is 31.2 Å². The van der Waals surface area contributed by atoms with Gasteiger partial charge in [-0.3, -0.25) is 10.2 Å². The van der Waals surface area contributed by atoms with Crippen LogP contribution in [0.3, 0.4) is 0 Å². The van der Waals surface area contributed by atoms with Gasteiger partial charge in [0.05, 0.1) is 11.1 Å². The molecule has 1 atom stereocenters. The topological polar surface area (TPSA) is 55.6 Å². The summed E-state index contributed by atoms with van der Waals surface area (Å²) >= 11 is 1.30. The molecule has 0 bridgehead atoms. The summed E-state index contributed by atoms with van der Waals surface area (Å²) in [5, 5.41) is 0. The van der Waals surface area contributed by atoms with Crippen LogP contribution in [0.5, 0.6) is 5.75 Å². The fourth-order valence-corrected chi connectivity index (χ4v) is 3.66. The molecule has 1 aliphatic heterocycles. The Morgan fingerprint density at radius 1 is 1.23 bits per heavy atom. The third-order valence-corrected chi connectivity index (χ3v) is 4.95. The van der Waals surface area contributed by atoms with Crippen LogP contribution in [-0.2, 0) is 0 Å². The highest BCUT2D eigenvalue weighted by Gasteiger charge is 2.19. The summed E-state index contributed by atoms with van der Waals surface area (Å²) in [6, 6.07) is 13.6. The van der Waals surface area contributed by atoms with Crippen LogP contribution in [0, 0.1) is 5.82 Å². The van der Waals surface area contributed by atoms with Crippen molar-refractivity contribution in [3.63, 3.8) is 0 Å². The average molecular weight is 369 g/mol. The highest BCUT2D eigenvalue weighted by atomic mass is 32.1. The Morgan fingerprint density at radius 3 is 2.62 bits per heavy atom. The molecule has 0 saturated heterocycles. The van der Waals surface area contributed by atoms with Crippen LogP contribution in [0.4, 0.5) is 4.39 Å². The molecule has 0 aliphatic carbocycles. The minimum Gasteiger partial charge on any atom is -0.494 e. The van der Waals surface area contributed by atoms with E-state index in [1.165, 1.54) is 28.1 Å². The fraction of sp³-hybridized carbons (Fsp3) is 0.158. The average Bonchev–Trinajstić information content (AvgIpc) is 3.18. The number of hydrogen-bond donors (Lipinski definition) is 1. The summed E-state index contributed by atoms with van der Waals surface area (Å²) in [6.07, 6.45) is 1.44. The van der Waals surface area contributed by atoms with Crippen molar-refractivity contribution >= 4 is 17.4 Å². The van der Waals surface area contributed by atoms with Crippen molar-refractivity contribution in [3.05, 3.63) is 85.2 Å². The van der Waals surface area contributed by atoms with Crippen LogP contribution < -0.4 is 25.1 Å². The van der Waals surface area contributed by atoms with Crippen molar-refractivity contribution in [1.29, 1.82) is 0 Å². The molecule has 132 valence electrons. The van der Waals surface area contributed by atoms with Crippen LogP contribution in [-0.4, -0.2) is 11.3 Å². The summed E-state index contributed by atoms with van der Waals surface area (Å²) in [6.45, 7) is 2.55. The second-order valence-corrected chi connectivity index (χ2v) is 6.76. The summed E-state index contributed by atoms with van der Waals surface area (Å²) < 4.78 is 20.4. The summed E-state index contributed by atoms with van der Waals surface area (Å²) in [4.78, 5) is 17.8. The van der Waals surface area contributed by atoms with Gasteiger partial charge < -0.3 is 4.74 Å². The number of nitrogens with zero attached hydrogens (tertiary/aromatic N) is 2. The molecule has 0 spiro atoms. The van der Waals surface area contributed by atoms with Crippen LogP contribution in [0.15, 0.2) is 58.3 Å². The van der Waals surface area contributed by atoms with Gasteiger partial charge >= 0.3 is 0 Å². The molecule has 7 heteroatoms. The first-order valence-corrected chi connectivity index (χ1v) is 9.02. The number of rotatable bonds is 4. The standard InChI is InChI=1S/C19H16FN3O2S/c1-2-25-15-9-5-13(6-10-15)17-21-19-23(22-17)18(24)16(26-19)11-12-3-7-14(20)8-4-12/h3-11,17,22H,2H2,1H3/b16-11-/t17-/m0/s1. The molecule has 1 aromatic heterocycles. The molecule has 0 fully saturated rings. The highest BCUT2D eigenvalue weighted by molar-refractivity contribution is 7.07. The SMILES string of the molecule is CCOc1ccc([C@H]2N=c3s/c(=C\c4ccc(F)cc4)c(=O)n3N2)cc1. The molecule has 0 unspecified atom stereocenters. The minimum atomic E-state index is -0.303. The Labute approximate surface area is 152 Å². The molecule has 3 aromatic rings. The molecule has 1 aliphatic rings. The number of thiazole rings is 1. The first-order valence-electron chi connectivity index (χ1n) is 8.20. The lowest BCUT2D eigenvalue weighted by atomic mass is 10.2. The summed E-state index contributed by atoms with van der Waals surface area (Å²) in [5.41, 5.74) is 4.67. The molecule has 0 radical (unpaired) electrons. The van der Waals surface area contributed by atoms with Crippen molar-refractivity contribution < 1.29 is 9.13 Å². The van der Waals surface area contributed by atoms with Gasteiger partial charge in [0.2, 0.25) is 4.80 Å². The maximum absolute atomic E-state index is 13.0. The lowest BCUT2D eigenvalue weighted by molar-refractivity contribution is 0.340. The van der Waals surface area contributed by atoms with Gasteiger partial charge in [0, 0.05) is 0 Å². The molecule has 5 nitrogen and oxygen atoms in total. The summed E-state index contributed by atoms with van der Waals surface area (Å²) in [7, 11) is 0. The largest absolute Gasteiger partial charge is 0.494 e. The number of benzene rings is 2. The van der Waals surface area contributed by atoms with E-state index in [4.69, 9.17) is 4.74 Å². The van der Waals surface area contributed by atoms with Gasteiger partial charge in [-0.15, -0.1) is 0 Å². The quantitative estimate of drug-likeness (QED) is 0.767. The molecule has 0 saturated carbocycles. The molecule has 0 amide bonds. The molecule has 26 heavy (non-hydrogen) atoms. The first kappa shape index (κ1) is 16.5. The Kier molecular flexibility index (Phi) is 4.30. The van der Waals surface area contributed by atoms with E-state index < -0.39 is 0 Å². The van der Waals surface area contributed by atoms with E-state index >= 15 is 0 Å². The van der Waals surface area contributed by atoms with Crippen molar-refractivity contribution in [2.24, 2.45) is 4.99 Å². The van der Waals surface area contributed by atoms with Gasteiger partial charge in [0.15, 0.2) is 6.17 Å². The highest BCUT2D eigenvalue weighted by Crippen LogP contribution is 2.20. The third-order valence-electron chi connectivity index (χ3n) is 3.97. The number of fused-ring (bicyclic) bond motifs is 1. The van der Waals surface area contributed by atoms with Gasteiger partial charge in [-0.1, -0.05) is 35.6 Å². The maximum Gasteiger partial charge on any atom is 0.288 e. The Morgan fingerprint density at radius 2 is 1.96 bits per heavy atom. The Hall–Kier alpha value is -2.93. The number of nitrogens with one attached hydrogen (secondary N) is 1. The zero-order valence-corrected chi connectivity index (χ0v) is 14.8. The minimum absolute atomic E-state index is 0.161. The predicted molar refractivity (Wildman–Crippen MR) is 99.0 cm³/mol. The van der Waals surface area contributed by atoms with Gasteiger partial charge in [-0.05, 0) is 48.4 Å². The molecular weight excluding hydrogens is 353 g/mol. The fourth-order valence-electron chi connectivity index (χ4n) is 2.71. The van der Waals surface area contributed by atoms with E-state index in [2.05, 4.69) is 10.4 Å². The Bertz CT molecular complexity index is 1100. The Balaban J connectivity index is 1.64. The zero-order valence-electron chi connectivity index (χ0n) is 14.0. The predicted octanol–water partition coefficient (Wildman–Crippen LogP) is 2.15. The van der Waals surface area contributed by atoms with E-state index in [1.54, 1.807) is 18.2 Å². The monoisotopic (exact) mass is 369 g/mol. The number of halogens is 1. The van der Waals surface area contributed by atoms with Crippen LogP contribution in [0.25, 0.3) is 6.08 Å². The molecule has 2 aromatic carbocycles. The third kappa shape index (κ3) is 3.13. The van der Waals surface area contributed by atoms with Crippen molar-refractivity contribution in [2.75, 3.05) is 12.0 Å². The van der Waals surface area contributed by atoms with E-state index in [0.717, 1.165) is 16.9 Å². The normalized spacial score (nSPS) is 16.1. The van der Waals surface area contributed by atoms with Gasteiger partial charge in [0.25, 0.3) is 5.56 Å². The van der Waals surface area contributed by atoms with E-state index in [9.17, 15) is 9.18 Å². The molecule has 4 rings (SSSR count). The van der Waals surface area contributed by atoms with E-state index in [0.29, 0.717) is 15.9 Å². The number of aromatic nitrogens is 1. The zero-order chi connectivity index (χ0) is 18.1. The van der Waals surface area contributed by atoms with Gasteiger partial charge in [-0.25, -0.2) is 9.38 Å². The van der Waals surface area contributed by atoms with Crippen LogP contribution in [0.2, 0.25) is 0 Å². The molecule has 1 N–H and O–H groups in total. The molecular formula is C19H16FN3O2S. The lowest BCUT2D eigenvalue weighted by Gasteiger charge is -2.10. The number of ether oxygens (including phenoxy) is 1. The van der Waals surface area contributed by atoms with Crippen molar-refractivity contribution in [2.45, 2.75) is 13.1 Å². The van der Waals surface area contributed by atoms with Crippen molar-refractivity contribution in [3.8, 4) is 5.75 Å². The summed E-state index contributed by atoms with van der Waals surface area (Å²) in [5.74, 6) is 0.500. The molecule has 2 heterocycles. The van der Waals surface area contributed by atoms with Crippen LogP contribution >= 0.6 is 11.3 Å². The van der Waals surface area contributed by atoms with Crippen molar-refractivity contribution in [1.82, 2.24) is 4.68 Å². The smallest absolute Gasteiger partial charge is 0.288 e. The number of hydrogen-bond acceptors (Lipinski definition) is 5. The lowest BCUT2D eigenvalue weighted by Crippen LogP contribution is -2.35. The second kappa shape index (κ2) is 6.76. The second-order valence-electron chi connectivity index (χ2n) is 5.75. The van der Waals surface area contributed by atoms with Gasteiger partial charge in [0.1, 0.15) is 11.6 Å². The maximum atomic E-state index is 13.0. The first-order chi connectivity index (χ1) is 12.6. The van der Waals surface area contributed by atoms with Crippen LogP contribution in [0.1, 0.15) is 24.2 Å². The van der Waals surface area contributed by atoms with Gasteiger partial charge in [-0.2, -0.15) is 4.68 Å².